The monoisotopic (exact) mass is 584 g/mol. The Balaban J connectivity index is 1.43. The molecular weight excluding hydrogens is 563 g/mol. The van der Waals surface area contributed by atoms with Crippen LogP contribution in [-0.4, -0.2) is 37.7 Å². The van der Waals surface area contributed by atoms with Crippen molar-refractivity contribution in [1.29, 1.82) is 0 Å². The molecular formula is C24H21IN6O2S. The first-order valence-corrected chi connectivity index (χ1v) is 12.4. The van der Waals surface area contributed by atoms with E-state index < -0.39 is 0 Å². The number of nitrogens with one attached hydrogen (secondary N) is 2. The van der Waals surface area contributed by atoms with Gasteiger partial charge in [-0.2, -0.15) is 5.10 Å². The molecule has 1 heterocycles. The predicted octanol–water partition coefficient (Wildman–Crippen LogP) is 4.43. The lowest BCUT2D eigenvalue weighted by molar-refractivity contribution is -0.118. The zero-order valence-electron chi connectivity index (χ0n) is 17.9. The van der Waals surface area contributed by atoms with Crippen LogP contribution in [0.25, 0.3) is 5.69 Å². The minimum Gasteiger partial charge on any atom is -0.507 e. The van der Waals surface area contributed by atoms with Gasteiger partial charge in [-0.1, -0.05) is 42.1 Å². The second kappa shape index (κ2) is 11.7. The number of aromatic hydroxyl groups is 1. The highest BCUT2D eigenvalue weighted by atomic mass is 127. The van der Waals surface area contributed by atoms with Crippen molar-refractivity contribution in [3.63, 3.8) is 0 Å². The fourth-order valence-corrected chi connectivity index (χ4v) is 4.15. The summed E-state index contributed by atoms with van der Waals surface area (Å²) in [5.74, 6) is 0.633. The fourth-order valence-electron chi connectivity index (χ4n) is 3.03. The van der Waals surface area contributed by atoms with Gasteiger partial charge in [0.15, 0.2) is 11.0 Å². The molecule has 3 N–H and O–H groups in total. The van der Waals surface area contributed by atoms with Crippen LogP contribution in [0, 0.1) is 3.57 Å². The second-order valence-electron chi connectivity index (χ2n) is 7.07. The van der Waals surface area contributed by atoms with Crippen LogP contribution in [0.5, 0.6) is 5.75 Å². The third-order valence-electron chi connectivity index (χ3n) is 4.67. The summed E-state index contributed by atoms with van der Waals surface area (Å²) in [4.78, 5) is 12.3. The maximum absolute atomic E-state index is 12.3. The van der Waals surface area contributed by atoms with Gasteiger partial charge >= 0.3 is 0 Å². The quantitative estimate of drug-likeness (QED) is 0.116. The Bertz CT molecular complexity index is 1280. The molecule has 4 rings (SSSR count). The van der Waals surface area contributed by atoms with Gasteiger partial charge in [0, 0.05) is 20.5 Å². The molecule has 0 aliphatic rings. The Labute approximate surface area is 214 Å². The van der Waals surface area contributed by atoms with Gasteiger partial charge in [-0.25, -0.2) is 5.43 Å². The first kappa shape index (κ1) is 23.8. The Hall–Kier alpha value is -3.38. The Kier molecular flexibility index (Phi) is 8.15. The molecule has 0 fully saturated rings. The fraction of sp³-hybridized carbons (Fsp3) is 0.0833. The van der Waals surface area contributed by atoms with E-state index in [0.717, 1.165) is 20.8 Å². The highest BCUT2D eigenvalue weighted by Crippen LogP contribution is 2.23. The van der Waals surface area contributed by atoms with E-state index in [4.69, 9.17) is 0 Å². The van der Waals surface area contributed by atoms with Crippen LogP contribution in [0.2, 0.25) is 0 Å². The lowest BCUT2D eigenvalue weighted by atomic mass is 10.2. The molecule has 0 aliphatic carbocycles. The number of carbonyl (C=O) groups is 1. The summed E-state index contributed by atoms with van der Waals surface area (Å²) in [6, 6.07) is 24.6. The molecule has 1 amide bonds. The highest BCUT2D eigenvalue weighted by molar-refractivity contribution is 14.1. The van der Waals surface area contributed by atoms with Crippen molar-refractivity contribution < 1.29 is 9.90 Å². The Morgan fingerprint density at radius 2 is 1.76 bits per heavy atom. The van der Waals surface area contributed by atoms with Crippen LogP contribution in [-0.2, 0) is 11.3 Å². The summed E-state index contributed by atoms with van der Waals surface area (Å²) in [5.41, 5.74) is 4.89. The second-order valence-corrected chi connectivity index (χ2v) is 9.26. The van der Waals surface area contributed by atoms with Gasteiger partial charge in [-0.15, -0.1) is 10.2 Å². The van der Waals surface area contributed by atoms with Crippen LogP contribution in [0.4, 0.5) is 5.69 Å². The zero-order chi connectivity index (χ0) is 23.8. The molecule has 0 aliphatic heterocycles. The number of amides is 1. The molecule has 10 heteroatoms. The average molecular weight is 584 g/mol. The molecule has 0 atom stereocenters. The first-order valence-electron chi connectivity index (χ1n) is 10.3. The minimum absolute atomic E-state index is 0.0946. The maximum Gasteiger partial charge on any atom is 0.250 e. The summed E-state index contributed by atoms with van der Waals surface area (Å²) in [7, 11) is 0. The molecule has 8 nitrogen and oxygen atoms in total. The van der Waals surface area contributed by atoms with Gasteiger partial charge in [0.1, 0.15) is 5.75 Å². The van der Waals surface area contributed by atoms with E-state index in [0.29, 0.717) is 17.3 Å². The smallest absolute Gasteiger partial charge is 0.250 e. The van der Waals surface area contributed by atoms with Crippen LogP contribution in [0.15, 0.2) is 89.1 Å². The molecule has 0 spiro atoms. The number of anilines is 1. The molecule has 34 heavy (non-hydrogen) atoms. The molecule has 0 saturated carbocycles. The van der Waals surface area contributed by atoms with Crippen molar-refractivity contribution in [2.24, 2.45) is 5.10 Å². The normalized spacial score (nSPS) is 11.0. The molecule has 4 aromatic rings. The standard InChI is InChI=1S/C24H21IN6O2S/c25-18-10-12-19(13-11-18)26-15-22-28-30-24(31(22)20-7-2-1-3-8-20)34-16-23(33)29-27-14-17-6-4-5-9-21(17)32/h1-14,26,32H,15-16H2,(H,29,33)/b27-14+. The predicted molar refractivity (Wildman–Crippen MR) is 142 cm³/mol. The van der Waals surface area contributed by atoms with E-state index in [1.807, 2.05) is 59.2 Å². The summed E-state index contributed by atoms with van der Waals surface area (Å²) in [5, 5.41) is 26.3. The molecule has 1 aromatic heterocycles. The number of para-hydroxylation sites is 2. The first-order chi connectivity index (χ1) is 16.6. The van der Waals surface area contributed by atoms with Gasteiger partial charge in [-0.3, -0.25) is 9.36 Å². The van der Waals surface area contributed by atoms with Crippen molar-refractivity contribution in [3.8, 4) is 11.4 Å². The van der Waals surface area contributed by atoms with Crippen molar-refractivity contribution in [2.75, 3.05) is 11.1 Å². The van der Waals surface area contributed by atoms with Crippen molar-refractivity contribution in [2.45, 2.75) is 11.7 Å². The molecule has 0 radical (unpaired) electrons. The minimum atomic E-state index is -0.294. The molecule has 3 aromatic carbocycles. The number of nitrogens with zero attached hydrogens (tertiary/aromatic N) is 4. The maximum atomic E-state index is 12.3. The van der Waals surface area contributed by atoms with Gasteiger partial charge in [0.25, 0.3) is 5.91 Å². The van der Waals surface area contributed by atoms with Gasteiger partial charge < -0.3 is 10.4 Å². The summed E-state index contributed by atoms with van der Waals surface area (Å²) in [6.07, 6.45) is 1.40. The number of hydrazone groups is 1. The van der Waals surface area contributed by atoms with E-state index in [2.05, 4.69) is 48.6 Å². The average Bonchev–Trinajstić information content (AvgIpc) is 3.27. The van der Waals surface area contributed by atoms with Crippen molar-refractivity contribution in [3.05, 3.63) is 93.8 Å². The molecule has 0 bridgehead atoms. The lowest BCUT2D eigenvalue weighted by Crippen LogP contribution is -2.20. The summed E-state index contributed by atoms with van der Waals surface area (Å²) in [6.45, 7) is 0.472. The van der Waals surface area contributed by atoms with E-state index in [1.54, 1.807) is 24.3 Å². The third kappa shape index (κ3) is 6.35. The van der Waals surface area contributed by atoms with Crippen molar-refractivity contribution >= 4 is 52.2 Å². The molecule has 0 unspecified atom stereocenters. The summed E-state index contributed by atoms with van der Waals surface area (Å²) >= 11 is 3.54. The number of thioether (sulfide) groups is 1. The van der Waals surface area contributed by atoms with Crippen LogP contribution < -0.4 is 10.7 Å². The number of rotatable bonds is 9. The number of phenolic OH excluding ortho intramolecular Hbond substituents is 1. The molecule has 0 saturated heterocycles. The number of halogens is 1. The topological polar surface area (TPSA) is 104 Å². The van der Waals surface area contributed by atoms with Crippen LogP contribution in [0.3, 0.4) is 0 Å². The van der Waals surface area contributed by atoms with Crippen molar-refractivity contribution in [1.82, 2.24) is 20.2 Å². The number of hydrogen-bond donors (Lipinski definition) is 3. The number of aromatic nitrogens is 3. The molecule has 172 valence electrons. The van der Waals surface area contributed by atoms with E-state index >= 15 is 0 Å². The SMILES string of the molecule is O=C(CSc1nnc(CNc2ccc(I)cc2)n1-c1ccccc1)N/N=C/c1ccccc1O. The van der Waals surface area contributed by atoms with E-state index in [1.165, 1.54) is 18.0 Å². The number of hydrogen-bond acceptors (Lipinski definition) is 7. The zero-order valence-corrected chi connectivity index (χ0v) is 20.9. The highest BCUT2D eigenvalue weighted by Gasteiger charge is 2.15. The van der Waals surface area contributed by atoms with E-state index in [-0.39, 0.29) is 17.4 Å². The largest absolute Gasteiger partial charge is 0.507 e. The van der Waals surface area contributed by atoms with Gasteiger partial charge in [0.05, 0.1) is 18.5 Å². The number of benzene rings is 3. The Morgan fingerprint density at radius 3 is 2.53 bits per heavy atom. The van der Waals surface area contributed by atoms with Crippen LogP contribution in [0.1, 0.15) is 11.4 Å². The van der Waals surface area contributed by atoms with Gasteiger partial charge in [-0.05, 0) is 71.1 Å². The number of carbonyl (C=O) groups excluding carboxylic acids is 1. The number of phenols is 1. The summed E-state index contributed by atoms with van der Waals surface area (Å²) < 4.78 is 3.10. The van der Waals surface area contributed by atoms with Crippen LogP contribution >= 0.6 is 34.4 Å². The Morgan fingerprint density at radius 1 is 1.03 bits per heavy atom. The lowest BCUT2D eigenvalue weighted by Gasteiger charge is -2.11. The third-order valence-corrected chi connectivity index (χ3v) is 6.32. The van der Waals surface area contributed by atoms with Gasteiger partial charge in [0.2, 0.25) is 0 Å². The van der Waals surface area contributed by atoms with E-state index in [9.17, 15) is 9.90 Å².